The molecule has 0 saturated heterocycles. The van der Waals surface area contributed by atoms with E-state index in [2.05, 4.69) is 6.92 Å². The molecule has 0 aromatic heterocycles. The van der Waals surface area contributed by atoms with E-state index in [0.29, 0.717) is 0 Å². The Kier molecular flexibility index (Phi) is 9.01. The van der Waals surface area contributed by atoms with Gasteiger partial charge in [-0.2, -0.15) is 0 Å². The molecular weight excluding hydrogens is 456 g/mol. The molecule has 3 aromatic rings. The van der Waals surface area contributed by atoms with Crippen molar-refractivity contribution in [3.8, 4) is 11.5 Å². The maximum Gasteiger partial charge on any atom is 0.213 e. The van der Waals surface area contributed by atoms with E-state index in [4.69, 9.17) is 0 Å². The molecule has 0 fully saturated rings. The molecule has 0 aliphatic rings. The monoisotopic (exact) mass is 494 g/mol. The summed E-state index contributed by atoms with van der Waals surface area (Å²) >= 11 is 0. The fourth-order valence-electron chi connectivity index (χ4n) is 4.47. The number of aryl methyl sites for hydroxylation is 1. The molecule has 2 N–H and O–H groups in total. The summed E-state index contributed by atoms with van der Waals surface area (Å²) in [5.74, 6) is -0.630. The molecule has 35 heavy (non-hydrogen) atoms. The summed E-state index contributed by atoms with van der Waals surface area (Å²) < 4.78 is 27.2. The van der Waals surface area contributed by atoms with Gasteiger partial charge in [-0.15, -0.1) is 0 Å². The first-order valence-corrected chi connectivity index (χ1v) is 14.1. The Bertz CT molecular complexity index is 1210. The Labute approximate surface area is 210 Å². The second-order valence-corrected chi connectivity index (χ2v) is 11.7. The van der Waals surface area contributed by atoms with Gasteiger partial charge >= 0.3 is 0 Å². The Balaban J connectivity index is 1.85. The predicted octanol–water partition coefficient (Wildman–Crippen LogP) is 7.55. The summed E-state index contributed by atoms with van der Waals surface area (Å²) in [5.41, 5.74) is 2.20. The SMILES string of the molecule is CCCCCCCCCc1ccc(O)c(S(=O)(=O)c2cc(C(C)(C)c3ccccc3)ccc2O)c1. The van der Waals surface area contributed by atoms with Crippen LogP contribution in [0.25, 0.3) is 0 Å². The quantitative estimate of drug-likeness (QED) is 0.255. The van der Waals surface area contributed by atoms with Gasteiger partial charge in [0.25, 0.3) is 0 Å². The maximum atomic E-state index is 13.6. The number of hydrogen-bond donors (Lipinski definition) is 2. The third-order valence-corrected chi connectivity index (χ3v) is 8.66. The zero-order chi connectivity index (χ0) is 25.5. The van der Waals surface area contributed by atoms with E-state index < -0.39 is 15.3 Å². The van der Waals surface area contributed by atoms with Gasteiger partial charge < -0.3 is 10.2 Å². The van der Waals surface area contributed by atoms with Crippen LogP contribution in [0.4, 0.5) is 0 Å². The molecule has 0 unspecified atom stereocenters. The molecule has 188 valence electrons. The molecule has 0 spiro atoms. The molecule has 0 aliphatic carbocycles. The van der Waals surface area contributed by atoms with Crippen LogP contribution in [0.5, 0.6) is 11.5 Å². The van der Waals surface area contributed by atoms with E-state index in [1.807, 2.05) is 44.2 Å². The Hall–Kier alpha value is -2.79. The molecule has 3 rings (SSSR count). The number of phenolic OH excluding ortho intramolecular Hbond substituents is 2. The lowest BCUT2D eigenvalue weighted by atomic mass is 9.78. The number of hydrogen-bond acceptors (Lipinski definition) is 4. The fraction of sp³-hybridized carbons (Fsp3) is 0.400. The van der Waals surface area contributed by atoms with Crippen molar-refractivity contribution in [2.45, 2.75) is 87.3 Å². The standard InChI is InChI=1S/C30H38O4S/c1-4-5-6-7-8-9-11-14-23-17-19-26(31)28(21-23)35(33,34)29-22-25(18-20-27(29)32)30(2,3)24-15-12-10-13-16-24/h10,12-13,15-22,31-32H,4-9,11,14H2,1-3H3. The van der Waals surface area contributed by atoms with Gasteiger partial charge in [0.2, 0.25) is 9.84 Å². The topological polar surface area (TPSA) is 74.6 Å². The molecule has 0 bridgehead atoms. The minimum Gasteiger partial charge on any atom is -0.507 e. The second-order valence-electron chi connectivity index (χ2n) is 9.85. The first kappa shape index (κ1) is 26.8. The van der Waals surface area contributed by atoms with Crippen LogP contribution in [-0.2, 0) is 21.7 Å². The fourth-order valence-corrected chi connectivity index (χ4v) is 5.99. The van der Waals surface area contributed by atoms with Gasteiger partial charge in [-0.3, -0.25) is 0 Å². The van der Waals surface area contributed by atoms with Gasteiger partial charge in [0.1, 0.15) is 21.3 Å². The van der Waals surface area contributed by atoms with Crippen LogP contribution in [0.15, 0.2) is 76.5 Å². The predicted molar refractivity (Wildman–Crippen MR) is 142 cm³/mol. The Morgan fingerprint density at radius 3 is 1.91 bits per heavy atom. The average molecular weight is 495 g/mol. The lowest BCUT2D eigenvalue weighted by Crippen LogP contribution is -2.19. The molecule has 5 heteroatoms. The minimum absolute atomic E-state index is 0.164. The smallest absolute Gasteiger partial charge is 0.213 e. The van der Waals surface area contributed by atoms with Crippen molar-refractivity contribution in [1.82, 2.24) is 0 Å². The second kappa shape index (κ2) is 11.8. The normalized spacial score (nSPS) is 12.1. The molecule has 0 radical (unpaired) electrons. The van der Waals surface area contributed by atoms with Crippen LogP contribution in [-0.4, -0.2) is 18.6 Å². The molecular formula is C30H38O4S. The Morgan fingerprint density at radius 2 is 1.26 bits per heavy atom. The highest BCUT2D eigenvalue weighted by Gasteiger charge is 2.29. The molecule has 3 aromatic carbocycles. The van der Waals surface area contributed by atoms with Gasteiger partial charge in [-0.1, -0.05) is 102 Å². The molecule has 4 nitrogen and oxygen atoms in total. The van der Waals surface area contributed by atoms with Gasteiger partial charge in [0, 0.05) is 5.41 Å². The third kappa shape index (κ3) is 6.46. The van der Waals surface area contributed by atoms with Crippen molar-refractivity contribution < 1.29 is 18.6 Å². The van der Waals surface area contributed by atoms with Crippen LogP contribution in [0.1, 0.15) is 82.4 Å². The van der Waals surface area contributed by atoms with Crippen LogP contribution in [0, 0.1) is 0 Å². The van der Waals surface area contributed by atoms with Crippen molar-refractivity contribution in [3.63, 3.8) is 0 Å². The number of benzene rings is 3. The first-order chi connectivity index (χ1) is 16.7. The van der Waals surface area contributed by atoms with Gasteiger partial charge in [-0.05, 0) is 53.8 Å². The van der Waals surface area contributed by atoms with Gasteiger partial charge in [0.15, 0.2) is 0 Å². The third-order valence-electron chi connectivity index (χ3n) is 6.85. The summed E-state index contributed by atoms with van der Waals surface area (Å²) in [6, 6.07) is 19.3. The van der Waals surface area contributed by atoms with E-state index in [1.165, 1.54) is 50.3 Å². The molecule has 0 saturated carbocycles. The lowest BCUT2D eigenvalue weighted by molar-refractivity contribution is 0.452. The molecule has 0 atom stereocenters. The molecule has 0 aliphatic heterocycles. The van der Waals surface area contributed by atoms with Crippen molar-refractivity contribution >= 4 is 9.84 Å². The Morgan fingerprint density at radius 1 is 0.686 bits per heavy atom. The minimum atomic E-state index is -4.13. The van der Waals surface area contributed by atoms with Gasteiger partial charge in [-0.25, -0.2) is 8.42 Å². The maximum absolute atomic E-state index is 13.6. The van der Waals surface area contributed by atoms with Crippen molar-refractivity contribution in [2.24, 2.45) is 0 Å². The van der Waals surface area contributed by atoms with Crippen molar-refractivity contribution in [2.75, 3.05) is 0 Å². The molecule has 0 amide bonds. The van der Waals surface area contributed by atoms with Crippen LogP contribution in [0.2, 0.25) is 0 Å². The average Bonchev–Trinajstić information content (AvgIpc) is 2.85. The van der Waals surface area contributed by atoms with E-state index >= 15 is 0 Å². The highest BCUT2D eigenvalue weighted by molar-refractivity contribution is 7.91. The zero-order valence-corrected chi connectivity index (χ0v) is 21.9. The highest BCUT2D eigenvalue weighted by atomic mass is 32.2. The zero-order valence-electron chi connectivity index (χ0n) is 21.1. The number of unbranched alkanes of at least 4 members (excludes halogenated alkanes) is 6. The van der Waals surface area contributed by atoms with Crippen LogP contribution >= 0.6 is 0 Å². The lowest BCUT2D eigenvalue weighted by Gasteiger charge is -2.27. The van der Waals surface area contributed by atoms with Gasteiger partial charge in [0.05, 0.1) is 0 Å². The van der Waals surface area contributed by atoms with E-state index in [9.17, 15) is 18.6 Å². The number of sulfone groups is 1. The number of rotatable bonds is 12. The summed E-state index contributed by atoms with van der Waals surface area (Å²) in [4.78, 5) is -0.356. The van der Waals surface area contributed by atoms with E-state index in [-0.39, 0.29) is 21.3 Å². The van der Waals surface area contributed by atoms with E-state index in [0.717, 1.165) is 36.0 Å². The first-order valence-electron chi connectivity index (χ1n) is 12.6. The summed E-state index contributed by atoms with van der Waals surface area (Å²) in [5, 5.41) is 21.0. The van der Waals surface area contributed by atoms with Crippen molar-refractivity contribution in [3.05, 3.63) is 83.4 Å². The summed E-state index contributed by atoms with van der Waals surface area (Å²) in [6.07, 6.45) is 9.01. The highest BCUT2D eigenvalue weighted by Crippen LogP contribution is 2.39. The number of phenols is 2. The number of aromatic hydroxyl groups is 2. The van der Waals surface area contributed by atoms with Crippen LogP contribution < -0.4 is 0 Å². The molecule has 0 heterocycles. The summed E-state index contributed by atoms with van der Waals surface area (Å²) in [6.45, 7) is 6.24. The summed E-state index contributed by atoms with van der Waals surface area (Å²) in [7, 11) is -4.13. The van der Waals surface area contributed by atoms with Crippen molar-refractivity contribution in [1.29, 1.82) is 0 Å². The van der Waals surface area contributed by atoms with E-state index in [1.54, 1.807) is 18.2 Å². The largest absolute Gasteiger partial charge is 0.507 e. The van der Waals surface area contributed by atoms with Crippen LogP contribution in [0.3, 0.4) is 0 Å².